The molecule has 82 valence electrons. The molecule has 0 aromatic carbocycles. The van der Waals surface area contributed by atoms with Crippen molar-refractivity contribution in [2.75, 3.05) is 13.1 Å². The van der Waals surface area contributed by atoms with Crippen LogP contribution in [-0.4, -0.2) is 35.7 Å². The molecule has 0 aliphatic carbocycles. The number of nitrogens with one attached hydrogen (secondary N) is 1. The fourth-order valence-corrected chi connectivity index (χ4v) is 1.21. The number of ketones is 1. The van der Waals surface area contributed by atoms with Gasteiger partial charge in [0.05, 0.1) is 6.54 Å². The summed E-state index contributed by atoms with van der Waals surface area (Å²) < 4.78 is 0. The number of nitrogens with two attached hydrogens (primary N) is 1. The number of nitrogens with zero attached hydrogens (tertiary/aromatic N) is 1. The fourth-order valence-electron chi connectivity index (χ4n) is 1.21. The van der Waals surface area contributed by atoms with Crippen molar-refractivity contribution >= 4 is 17.7 Å². The number of amides is 3. The molecule has 0 atom stereocenters. The maximum absolute atomic E-state index is 11.5. The minimum absolute atomic E-state index is 0.190. The van der Waals surface area contributed by atoms with Gasteiger partial charge >= 0.3 is 6.03 Å². The fraction of sp³-hybridized carbons (Fsp3) is 0.444. The predicted octanol–water partition coefficient (Wildman–Crippen LogP) is -0.640. The average molecular weight is 211 g/mol. The van der Waals surface area contributed by atoms with E-state index in [-0.39, 0.29) is 18.0 Å². The van der Waals surface area contributed by atoms with Crippen LogP contribution in [0.1, 0.15) is 13.3 Å². The zero-order chi connectivity index (χ0) is 11.4. The van der Waals surface area contributed by atoms with Crippen LogP contribution in [0.3, 0.4) is 0 Å². The molecule has 0 aromatic rings. The summed E-state index contributed by atoms with van der Waals surface area (Å²) in [4.78, 5) is 34.5. The number of imide groups is 1. The molecule has 0 saturated carbocycles. The quantitative estimate of drug-likeness (QED) is 0.478. The molecule has 0 unspecified atom stereocenters. The zero-order valence-electron chi connectivity index (χ0n) is 8.45. The number of hydrogen-bond acceptors (Lipinski definition) is 4. The van der Waals surface area contributed by atoms with E-state index < -0.39 is 11.9 Å². The largest absolute Gasteiger partial charge is 0.330 e. The Balaban J connectivity index is 2.74. The van der Waals surface area contributed by atoms with E-state index in [0.717, 1.165) is 4.90 Å². The van der Waals surface area contributed by atoms with Gasteiger partial charge < -0.3 is 11.1 Å². The summed E-state index contributed by atoms with van der Waals surface area (Å²) in [5.74, 6) is -0.706. The second kappa shape index (κ2) is 4.70. The Bertz CT molecular complexity index is 335. The topological polar surface area (TPSA) is 92.5 Å². The van der Waals surface area contributed by atoms with Crippen LogP contribution < -0.4 is 11.1 Å². The van der Waals surface area contributed by atoms with Crippen LogP contribution in [-0.2, 0) is 9.59 Å². The normalized spacial score (nSPS) is 18.5. The summed E-state index contributed by atoms with van der Waals surface area (Å²) in [6.07, 6.45) is 2.07. The first-order chi connectivity index (χ1) is 7.06. The van der Waals surface area contributed by atoms with E-state index in [4.69, 9.17) is 5.73 Å². The van der Waals surface area contributed by atoms with Gasteiger partial charge in [-0.25, -0.2) is 4.79 Å². The van der Waals surface area contributed by atoms with Crippen molar-refractivity contribution in [3.8, 4) is 0 Å². The van der Waals surface area contributed by atoms with Gasteiger partial charge in [-0.15, -0.1) is 0 Å². The van der Waals surface area contributed by atoms with Gasteiger partial charge in [0, 0.05) is 0 Å². The van der Waals surface area contributed by atoms with Crippen molar-refractivity contribution in [3.05, 3.63) is 11.8 Å². The van der Waals surface area contributed by atoms with Gasteiger partial charge in [-0.05, 0) is 19.9 Å². The Morgan fingerprint density at radius 1 is 1.53 bits per heavy atom. The lowest BCUT2D eigenvalue weighted by Crippen LogP contribution is -2.34. The number of urea groups is 1. The van der Waals surface area contributed by atoms with Crippen LogP contribution in [0.25, 0.3) is 0 Å². The van der Waals surface area contributed by atoms with Crippen molar-refractivity contribution in [2.45, 2.75) is 13.3 Å². The summed E-state index contributed by atoms with van der Waals surface area (Å²) in [7, 11) is 0. The summed E-state index contributed by atoms with van der Waals surface area (Å²) in [5.41, 5.74) is 5.47. The molecule has 0 bridgehead atoms. The van der Waals surface area contributed by atoms with Gasteiger partial charge in [0.2, 0.25) is 0 Å². The number of hydrogen-bond donors (Lipinski definition) is 2. The first-order valence-corrected chi connectivity index (χ1v) is 4.58. The molecular formula is C9H13N3O3. The molecule has 6 heteroatoms. The van der Waals surface area contributed by atoms with E-state index in [9.17, 15) is 14.4 Å². The van der Waals surface area contributed by atoms with Gasteiger partial charge in [0.25, 0.3) is 5.91 Å². The van der Waals surface area contributed by atoms with E-state index in [1.807, 2.05) is 0 Å². The SMILES string of the molecule is CC(=O)CN1C(=O)N/C(=C\CCN)C1=O. The highest BCUT2D eigenvalue weighted by Crippen LogP contribution is 2.09. The van der Waals surface area contributed by atoms with Gasteiger partial charge in [0.15, 0.2) is 0 Å². The number of rotatable bonds is 4. The van der Waals surface area contributed by atoms with Crippen LogP contribution in [0.2, 0.25) is 0 Å². The number of carbonyl (C=O) groups is 3. The average Bonchev–Trinajstić information content (AvgIpc) is 2.42. The van der Waals surface area contributed by atoms with Gasteiger partial charge in [0.1, 0.15) is 11.5 Å². The third-order valence-electron chi connectivity index (χ3n) is 1.86. The summed E-state index contributed by atoms with van der Waals surface area (Å²) in [6, 6.07) is -0.557. The molecule has 1 saturated heterocycles. The van der Waals surface area contributed by atoms with Gasteiger partial charge in [-0.1, -0.05) is 6.08 Å². The molecule has 1 aliphatic heterocycles. The van der Waals surface area contributed by atoms with Gasteiger partial charge in [-0.3, -0.25) is 14.5 Å². The predicted molar refractivity (Wildman–Crippen MR) is 52.7 cm³/mol. The molecule has 1 heterocycles. The smallest absolute Gasteiger partial charge is 0.329 e. The van der Waals surface area contributed by atoms with Crippen LogP contribution in [0.15, 0.2) is 11.8 Å². The number of Topliss-reactive ketones (excluding diaryl/α,β-unsaturated/α-hetero) is 1. The highest BCUT2D eigenvalue weighted by Gasteiger charge is 2.33. The highest BCUT2D eigenvalue weighted by atomic mass is 16.2. The maximum atomic E-state index is 11.5. The first kappa shape index (κ1) is 11.4. The molecule has 1 aliphatic rings. The summed E-state index contributed by atoms with van der Waals surface area (Å²) >= 11 is 0. The standard InChI is InChI=1S/C9H13N3O3/c1-6(13)5-12-8(14)7(3-2-4-10)11-9(12)15/h3H,2,4-5,10H2,1H3,(H,11,15)/b7-3-. The van der Waals surface area contributed by atoms with Crippen LogP contribution in [0.5, 0.6) is 0 Å². The summed E-state index contributed by atoms with van der Waals surface area (Å²) in [5, 5.41) is 2.38. The Morgan fingerprint density at radius 2 is 2.20 bits per heavy atom. The second-order valence-electron chi connectivity index (χ2n) is 3.22. The molecular weight excluding hydrogens is 198 g/mol. The Kier molecular flexibility index (Phi) is 3.56. The van der Waals surface area contributed by atoms with Crippen molar-refractivity contribution in [1.82, 2.24) is 10.2 Å². The molecule has 0 spiro atoms. The Labute approximate surface area is 87.1 Å². The second-order valence-corrected chi connectivity index (χ2v) is 3.22. The van der Waals surface area contributed by atoms with E-state index in [0.29, 0.717) is 13.0 Å². The van der Waals surface area contributed by atoms with E-state index >= 15 is 0 Å². The van der Waals surface area contributed by atoms with E-state index in [1.54, 1.807) is 6.08 Å². The summed E-state index contributed by atoms with van der Waals surface area (Å²) in [6.45, 7) is 1.53. The Morgan fingerprint density at radius 3 is 2.73 bits per heavy atom. The van der Waals surface area contributed by atoms with E-state index in [2.05, 4.69) is 5.32 Å². The maximum Gasteiger partial charge on any atom is 0.329 e. The van der Waals surface area contributed by atoms with Gasteiger partial charge in [-0.2, -0.15) is 0 Å². The molecule has 6 nitrogen and oxygen atoms in total. The van der Waals surface area contributed by atoms with Crippen LogP contribution in [0.4, 0.5) is 4.79 Å². The van der Waals surface area contributed by atoms with Crippen molar-refractivity contribution < 1.29 is 14.4 Å². The third kappa shape index (κ3) is 2.63. The minimum atomic E-state index is -0.557. The molecule has 3 N–H and O–H groups in total. The lowest BCUT2D eigenvalue weighted by molar-refractivity contribution is -0.127. The van der Waals surface area contributed by atoms with Crippen molar-refractivity contribution in [3.63, 3.8) is 0 Å². The molecule has 15 heavy (non-hydrogen) atoms. The lowest BCUT2D eigenvalue weighted by atomic mass is 10.3. The zero-order valence-corrected chi connectivity index (χ0v) is 8.45. The lowest BCUT2D eigenvalue weighted by Gasteiger charge is -2.07. The highest BCUT2D eigenvalue weighted by molar-refractivity contribution is 6.13. The van der Waals surface area contributed by atoms with Crippen molar-refractivity contribution in [2.24, 2.45) is 5.73 Å². The molecule has 1 fully saturated rings. The monoisotopic (exact) mass is 211 g/mol. The van der Waals surface area contributed by atoms with Crippen LogP contribution in [0, 0.1) is 0 Å². The number of carbonyl (C=O) groups excluding carboxylic acids is 3. The third-order valence-corrected chi connectivity index (χ3v) is 1.86. The minimum Gasteiger partial charge on any atom is -0.330 e. The van der Waals surface area contributed by atoms with Crippen LogP contribution >= 0.6 is 0 Å². The molecule has 1 rings (SSSR count). The Hall–Kier alpha value is -1.69. The first-order valence-electron chi connectivity index (χ1n) is 4.58. The molecule has 0 aromatic heterocycles. The van der Waals surface area contributed by atoms with E-state index in [1.165, 1.54) is 6.92 Å². The molecule has 3 amide bonds. The van der Waals surface area contributed by atoms with Crippen molar-refractivity contribution in [1.29, 1.82) is 0 Å². The molecule has 0 radical (unpaired) electrons.